The number of nitrogens with zero attached hydrogens (tertiary/aromatic N) is 1. The number of carbonyl (C=O) groups is 1. The molecule has 7 atom stereocenters. The van der Waals surface area contributed by atoms with E-state index in [-0.39, 0.29) is 10.8 Å². The van der Waals surface area contributed by atoms with Crippen molar-refractivity contribution in [1.29, 1.82) is 0 Å². The van der Waals surface area contributed by atoms with Gasteiger partial charge in [-0.25, -0.2) is 0 Å². The van der Waals surface area contributed by atoms with Gasteiger partial charge < -0.3 is 10.2 Å². The van der Waals surface area contributed by atoms with E-state index in [1.807, 2.05) is 0 Å². The van der Waals surface area contributed by atoms with E-state index >= 15 is 0 Å². The molecule has 1 N–H and O–H groups in total. The molecule has 138 valence electrons. The molecule has 1 aliphatic heterocycles. The minimum absolute atomic E-state index is 0.0461. The lowest BCUT2D eigenvalue weighted by molar-refractivity contribution is -0.473. The Kier molecular flexibility index (Phi) is 2.64. The van der Waals surface area contributed by atoms with Crippen LogP contribution in [0.2, 0.25) is 0 Å². The lowest BCUT2D eigenvalue weighted by Gasteiger charge is -2.99. The standard InChI is InChI=1S/C23H30N2O/c1-15-11-25(12-16(2)24-15)19(26)21-10-18-9-20(3)13-22(14-21,23(18,20)21)17-7-5-4-6-8-17/h4-8,15-16,18,24H,9-14H2,1-3H3/t15-,16+,18?,20?,21?,22?,23?. The average Bonchev–Trinajstić information content (AvgIpc) is 2.55. The van der Waals surface area contributed by atoms with Crippen molar-refractivity contribution in [3.8, 4) is 0 Å². The zero-order chi connectivity index (χ0) is 17.9. The summed E-state index contributed by atoms with van der Waals surface area (Å²) in [6, 6.07) is 11.9. The Balaban J connectivity index is 1.38. The second-order valence-electron chi connectivity index (χ2n) is 10.5. The SMILES string of the molecule is C[C@@H]1CN(C(=O)C23CC4CC5(C)CC(c6ccccc6)(C2)C453)C[C@H](C)N1. The highest BCUT2D eigenvalue weighted by atomic mass is 16.2. The second-order valence-corrected chi connectivity index (χ2v) is 10.5. The first-order valence-corrected chi connectivity index (χ1v) is 10.5. The van der Waals surface area contributed by atoms with Crippen LogP contribution in [0.5, 0.6) is 0 Å². The molecule has 5 fully saturated rings. The van der Waals surface area contributed by atoms with Gasteiger partial charge in [-0.2, -0.15) is 0 Å². The maximum atomic E-state index is 13.8. The zero-order valence-electron chi connectivity index (χ0n) is 16.2. The van der Waals surface area contributed by atoms with Crippen LogP contribution >= 0.6 is 0 Å². The van der Waals surface area contributed by atoms with Gasteiger partial charge >= 0.3 is 0 Å². The molecule has 3 nitrogen and oxygen atoms in total. The van der Waals surface area contributed by atoms with Crippen LogP contribution in [0.1, 0.15) is 52.0 Å². The number of benzene rings is 1. The fourth-order valence-electron chi connectivity index (χ4n) is 9.34. The molecule has 4 aliphatic carbocycles. The molecule has 3 heteroatoms. The van der Waals surface area contributed by atoms with Crippen LogP contribution in [-0.4, -0.2) is 36.0 Å². The summed E-state index contributed by atoms with van der Waals surface area (Å²) in [7, 11) is 0. The van der Waals surface area contributed by atoms with Crippen molar-refractivity contribution in [2.24, 2.45) is 22.2 Å². The fraction of sp³-hybridized carbons (Fsp3) is 0.696. The maximum Gasteiger partial charge on any atom is 0.229 e. The van der Waals surface area contributed by atoms with Crippen LogP contribution in [0.3, 0.4) is 0 Å². The molecule has 1 aromatic carbocycles. The van der Waals surface area contributed by atoms with Gasteiger partial charge in [0.25, 0.3) is 0 Å². The largest absolute Gasteiger partial charge is 0.339 e. The van der Waals surface area contributed by atoms with Gasteiger partial charge in [0.05, 0.1) is 5.41 Å². The predicted molar refractivity (Wildman–Crippen MR) is 102 cm³/mol. The van der Waals surface area contributed by atoms with Crippen molar-refractivity contribution in [2.75, 3.05) is 13.1 Å². The first-order chi connectivity index (χ1) is 12.4. The summed E-state index contributed by atoms with van der Waals surface area (Å²) in [4.78, 5) is 16.0. The molecule has 1 spiro atoms. The van der Waals surface area contributed by atoms with Crippen molar-refractivity contribution in [1.82, 2.24) is 10.2 Å². The molecule has 1 saturated heterocycles. The minimum Gasteiger partial charge on any atom is -0.339 e. The summed E-state index contributed by atoms with van der Waals surface area (Å²) in [5, 5.41) is 3.58. The molecule has 0 radical (unpaired) electrons. The summed E-state index contributed by atoms with van der Waals surface area (Å²) in [5.74, 6) is 1.28. The number of hydrogen-bond donors (Lipinski definition) is 1. The number of piperazine rings is 1. The summed E-state index contributed by atoms with van der Waals surface area (Å²) < 4.78 is 0. The van der Waals surface area contributed by atoms with Gasteiger partial charge in [0, 0.05) is 36.0 Å². The summed E-state index contributed by atoms with van der Waals surface area (Å²) in [5.41, 5.74) is 2.45. The topological polar surface area (TPSA) is 32.3 Å². The van der Waals surface area contributed by atoms with Gasteiger partial charge in [-0.1, -0.05) is 37.3 Å². The van der Waals surface area contributed by atoms with Crippen LogP contribution in [0.4, 0.5) is 0 Å². The van der Waals surface area contributed by atoms with Crippen LogP contribution < -0.4 is 5.32 Å². The van der Waals surface area contributed by atoms with Crippen LogP contribution in [0, 0.1) is 22.2 Å². The Morgan fingerprint density at radius 1 is 1.08 bits per heavy atom. The number of amides is 1. The molecule has 5 unspecified atom stereocenters. The van der Waals surface area contributed by atoms with Gasteiger partial charge in [0.1, 0.15) is 0 Å². The van der Waals surface area contributed by atoms with Gasteiger partial charge in [0.2, 0.25) is 5.91 Å². The lowest BCUT2D eigenvalue weighted by atomic mass is 9.04. The van der Waals surface area contributed by atoms with E-state index < -0.39 is 0 Å². The van der Waals surface area contributed by atoms with Crippen molar-refractivity contribution >= 4 is 5.91 Å². The molecular weight excluding hydrogens is 320 g/mol. The van der Waals surface area contributed by atoms with Crippen molar-refractivity contribution < 1.29 is 4.79 Å². The molecule has 6 rings (SSSR count). The third kappa shape index (κ3) is 1.32. The monoisotopic (exact) mass is 350 g/mol. The van der Waals surface area contributed by atoms with E-state index in [1.54, 1.807) is 0 Å². The Morgan fingerprint density at radius 2 is 1.77 bits per heavy atom. The summed E-state index contributed by atoms with van der Waals surface area (Å²) >= 11 is 0. The van der Waals surface area contributed by atoms with Crippen LogP contribution in [0.15, 0.2) is 30.3 Å². The first-order valence-electron chi connectivity index (χ1n) is 10.5. The van der Waals surface area contributed by atoms with E-state index in [0.717, 1.165) is 31.8 Å². The van der Waals surface area contributed by atoms with E-state index in [9.17, 15) is 4.79 Å². The molecule has 26 heavy (non-hydrogen) atoms. The third-order valence-electron chi connectivity index (χ3n) is 9.24. The van der Waals surface area contributed by atoms with Gasteiger partial charge in [-0.15, -0.1) is 0 Å². The highest BCUT2D eigenvalue weighted by Crippen LogP contribution is 3.01. The quantitative estimate of drug-likeness (QED) is 0.887. The summed E-state index contributed by atoms with van der Waals surface area (Å²) in [6.45, 7) is 8.65. The number of rotatable bonds is 2. The predicted octanol–water partition coefficient (Wildman–Crippen LogP) is 3.34. The van der Waals surface area contributed by atoms with Gasteiger partial charge in [0.15, 0.2) is 0 Å². The molecule has 0 aromatic heterocycles. The molecule has 1 amide bonds. The van der Waals surface area contributed by atoms with Gasteiger partial charge in [-0.05, 0) is 56.4 Å². The smallest absolute Gasteiger partial charge is 0.229 e. The van der Waals surface area contributed by atoms with E-state index in [2.05, 4.69) is 61.3 Å². The normalized spacial score (nSPS) is 53.2. The zero-order valence-corrected chi connectivity index (χ0v) is 16.2. The highest BCUT2D eigenvalue weighted by molar-refractivity contribution is 5.90. The molecule has 0 bridgehead atoms. The number of hydrogen-bond acceptors (Lipinski definition) is 2. The van der Waals surface area contributed by atoms with E-state index in [4.69, 9.17) is 0 Å². The molecular formula is C23H30N2O. The lowest BCUT2D eigenvalue weighted by Crippen LogP contribution is -2.97. The average molecular weight is 351 g/mol. The first kappa shape index (κ1) is 15.7. The molecule has 5 aliphatic rings. The molecule has 1 aromatic rings. The van der Waals surface area contributed by atoms with Crippen molar-refractivity contribution in [2.45, 2.75) is 64.0 Å². The van der Waals surface area contributed by atoms with Crippen molar-refractivity contribution in [3.05, 3.63) is 35.9 Å². The van der Waals surface area contributed by atoms with Crippen molar-refractivity contribution in [3.63, 3.8) is 0 Å². The minimum atomic E-state index is -0.0461. The molecule has 1 heterocycles. The Hall–Kier alpha value is -1.35. The Morgan fingerprint density at radius 3 is 2.38 bits per heavy atom. The Labute approximate surface area is 156 Å². The maximum absolute atomic E-state index is 13.8. The highest BCUT2D eigenvalue weighted by Gasteiger charge is 2.99. The third-order valence-corrected chi connectivity index (χ3v) is 9.24. The summed E-state index contributed by atoms with van der Waals surface area (Å²) in [6.07, 6.45) is 4.90. The Bertz CT molecular complexity index is 798. The number of carbonyl (C=O) groups excluding carboxylic acids is 1. The number of nitrogens with one attached hydrogen (secondary N) is 1. The second kappa shape index (κ2) is 4.38. The fourth-order valence-corrected chi connectivity index (χ4v) is 9.34. The van der Waals surface area contributed by atoms with Crippen LogP contribution in [-0.2, 0) is 10.2 Å². The van der Waals surface area contributed by atoms with Gasteiger partial charge in [-0.3, -0.25) is 4.79 Å². The van der Waals surface area contributed by atoms with Crippen LogP contribution in [0.25, 0.3) is 0 Å². The van der Waals surface area contributed by atoms with E-state index in [0.29, 0.717) is 28.8 Å². The van der Waals surface area contributed by atoms with E-state index in [1.165, 1.54) is 18.4 Å². The molecule has 4 saturated carbocycles.